The number of primary amides is 1. The summed E-state index contributed by atoms with van der Waals surface area (Å²) in [5.41, 5.74) is 8.01. The van der Waals surface area contributed by atoms with Crippen LogP contribution in [0.1, 0.15) is 28.6 Å². The third kappa shape index (κ3) is 5.76. The fourth-order valence-corrected chi connectivity index (χ4v) is 3.36. The van der Waals surface area contributed by atoms with Gasteiger partial charge in [0.15, 0.2) is 11.9 Å². The third-order valence-corrected chi connectivity index (χ3v) is 5.24. The molecule has 0 spiro atoms. The van der Waals surface area contributed by atoms with Crippen molar-refractivity contribution >= 4 is 29.5 Å². The first-order valence-electron chi connectivity index (χ1n) is 11.1. The van der Waals surface area contributed by atoms with Crippen LogP contribution in [-0.2, 0) is 14.3 Å². The fraction of sp³-hybridized carbons (Fsp3) is 0.111. The first kappa shape index (κ1) is 24.2. The number of aryl methyl sites for hydroxylation is 1. The number of hydrogen-bond acceptors (Lipinski definition) is 6. The lowest BCUT2D eigenvalue weighted by Crippen LogP contribution is -2.29. The Morgan fingerprint density at radius 1 is 1.06 bits per heavy atom. The van der Waals surface area contributed by atoms with Crippen LogP contribution < -0.4 is 11.1 Å². The fourth-order valence-electron chi connectivity index (χ4n) is 3.36. The van der Waals surface area contributed by atoms with Crippen molar-refractivity contribution in [2.75, 3.05) is 5.32 Å². The Kier molecular flexibility index (Phi) is 7.10. The van der Waals surface area contributed by atoms with Gasteiger partial charge in [-0.1, -0.05) is 18.2 Å². The zero-order valence-electron chi connectivity index (χ0n) is 19.7. The highest BCUT2D eigenvalue weighted by atomic mass is 16.5. The molecular formula is C27H24N4O5. The second-order valence-electron chi connectivity index (χ2n) is 7.97. The third-order valence-electron chi connectivity index (χ3n) is 5.24. The molecule has 0 radical (unpaired) electrons. The number of nitrogens with two attached hydrogens (primary N) is 1. The van der Waals surface area contributed by atoms with Crippen molar-refractivity contribution in [3.05, 3.63) is 95.9 Å². The number of nitrogens with one attached hydrogen (secondary N) is 1. The van der Waals surface area contributed by atoms with Crippen LogP contribution >= 0.6 is 0 Å². The smallest absolute Gasteiger partial charge is 0.331 e. The van der Waals surface area contributed by atoms with Gasteiger partial charge in [0, 0.05) is 29.1 Å². The van der Waals surface area contributed by atoms with Crippen molar-refractivity contribution < 1.29 is 23.5 Å². The SMILES string of the molecule is Cc1ccc(-c2nn(-c3ccccc3)cc2/C=C/C(=O)OC(C)C(=O)Nc2ccc(C(N)=O)cc2)o1. The first-order chi connectivity index (χ1) is 17.3. The molecule has 3 N–H and O–H groups in total. The van der Waals surface area contributed by atoms with Crippen molar-refractivity contribution in [1.29, 1.82) is 0 Å². The van der Waals surface area contributed by atoms with Gasteiger partial charge in [0.25, 0.3) is 5.91 Å². The van der Waals surface area contributed by atoms with E-state index in [9.17, 15) is 14.4 Å². The van der Waals surface area contributed by atoms with Crippen molar-refractivity contribution in [1.82, 2.24) is 9.78 Å². The normalized spacial score (nSPS) is 11.8. The van der Waals surface area contributed by atoms with Gasteiger partial charge in [0.2, 0.25) is 5.91 Å². The second-order valence-corrected chi connectivity index (χ2v) is 7.97. The summed E-state index contributed by atoms with van der Waals surface area (Å²) >= 11 is 0. The maximum absolute atomic E-state index is 12.4. The number of benzene rings is 2. The molecule has 4 aromatic rings. The van der Waals surface area contributed by atoms with Crippen LogP contribution in [-0.4, -0.2) is 33.7 Å². The molecule has 9 heteroatoms. The molecule has 0 aliphatic heterocycles. The van der Waals surface area contributed by atoms with Crippen molar-refractivity contribution in [3.63, 3.8) is 0 Å². The van der Waals surface area contributed by atoms with Gasteiger partial charge in [-0.05, 0) is 68.5 Å². The standard InChI is InChI=1S/C27H24N4O5/c1-17-8-14-23(35-17)25-20(16-31(30-25)22-6-4-3-5-7-22)11-15-24(32)36-18(2)27(34)29-21-12-9-19(10-13-21)26(28)33/h3-16,18H,1-2H3,(H2,28,33)(H,29,34)/b15-11+. The molecule has 36 heavy (non-hydrogen) atoms. The van der Waals surface area contributed by atoms with Gasteiger partial charge >= 0.3 is 5.97 Å². The predicted octanol–water partition coefficient (Wildman–Crippen LogP) is 4.12. The minimum atomic E-state index is -1.06. The summed E-state index contributed by atoms with van der Waals surface area (Å²) in [6.07, 6.45) is 3.52. The summed E-state index contributed by atoms with van der Waals surface area (Å²) in [6.45, 7) is 3.30. The number of carbonyl (C=O) groups excluding carboxylic acids is 3. The zero-order chi connectivity index (χ0) is 25.7. The number of furan rings is 1. The Labute approximate surface area is 207 Å². The molecule has 0 saturated heterocycles. The maximum Gasteiger partial charge on any atom is 0.331 e. The van der Waals surface area contributed by atoms with Crippen LogP contribution in [0.25, 0.3) is 23.2 Å². The van der Waals surface area contributed by atoms with E-state index < -0.39 is 23.9 Å². The minimum absolute atomic E-state index is 0.317. The van der Waals surface area contributed by atoms with Gasteiger partial charge in [-0.3, -0.25) is 9.59 Å². The number of rotatable bonds is 8. The predicted molar refractivity (Wildman–Crippen MR) is 134 cm³/mol. The molecule has 182 valence electrons. The highest BCUT2D eigenvalue weighted by Crippen LogP contribution is 2.26. The lowest BCUT2D eigenvalue weighted by Gasteiger charge is -2.12. The Morgan fingerprint density at radius 3 is 2.42 bits per heavy atom. The van der Waals surface area contributed by atoms with E-state index in [2.05, 4.69) is 10.4 Å². The second kappa shape index (κ2) is 10.6. The number of hydrogen-bond donors (Lipinski definition) is 2. The number of ether oxygens (including phenoxy) is 1. The Morgan fingerprint density at radius 2 is 1.78 bits per heavy atom. The van der Waals surface area contributed by atoms with E-state index in [1.54, 1.807) is 17.0 Å². The molecule has 4 rings (SSSR count). The Balaban J connectivity index is 1.45. The van der Waals surface area contributed by atoms with Gasteiger partial charge in [-0.15, -0.1) is 0 Å². The van der Waals surface area contributed by atoms with E-state index in [0.717, 1.165) is 11.4 Å². The van der Waals surface area contributed by atoms with E-state index in [0.29, 0.717) is 28.3 Å². The van der Waals surface area contributed by atoms with Crippen LogP contribution in [0, 0.1) is 6.92 Å². The average Bonchev–Trinajstić information content (AvgIpc) is 3.49. The summed E-state index contributed by atoms with van der Waals surface area (Å²) in [5.74, 6) is -0.493. The summed E-state index contributed by atoms with van der Waals surface area (Å²) in [4.78, 5) is 36.0. The van der Waals surface area contributed by atoms with E-state index in [-0.39, 0.29) is 0 Å². The van der Waals surface area contributed by atoms with Gasteiger partial charge < -0.3 is 20.2 Å². The molecule has 1 atom stereocenters. The van der Waals surface area contributed by atoms with Crippen LogP contribution in [0.15, 0.2) is 83.4 Å². The lowest BCUT2D eigenvalue weighted by molar-refractivity contribution is -0.148. The topological polar surface area (TPSA) is 129 Å². The number of esters is 1. The highest BCUT2D eigenvalue weighted by Gasteiger charge is 2.18. The number of nitrogens with zero attached hydrogens (tertiary/aromatic N) is 2. The molecule has 0 saturated carbocycles. The molecule has 0 bridgehead atoms. The van der Waals surface area contributed by atoms with Crippen LogP contribution in [0.2, 0.25) is 0 Å². The lowest BCUT2D eigenvalue weighted by atomic mass is 10.2. The molecule has 0 aliphatic carbocycles. The van der Waals surface area contributed by atoms with Crippen LogP contribution in [0.4, 0.5) is 5.69 Å². The summed E-state index contributed by atoms with van der Waals surface area (Å²) in [6, 6.07) is 19.2. The quantitative estimate of drug-likeness (QED) is 0.286. The van der Waals surface area contributed by atoms with E-state index in [4.69, 9.17) is 14.9 Å². The minimum Gasteiger partial charge on any atom is -0.460 e. The van der Waals surface area contributed by atoms with Crippen molar-refractivity contribution in [3.8, 4) is 17.1 Å². The summed E-state index contributed by atoms with van der Waals surface area (Å²) < 4.78 is 12.7. The number of anilines is 1. The molecule has 2 heterocycles. The molecular weight excluding hydrogens is 460 g/mol. The van der Waals surface area contributed by atoms with E-state index >= 15 is 0 Å². The van der Waals surface area contributed by atoms with E-state index in [1.807, 2.05) is 49.4 Å². The Hall–Kier alpha value is -4.92. The van der Waals surface area contributed by atoms with Gasteiger partial charge in [0.05, 0.1) is 5.69 Å². The number of para-hydroxylation sites is 1. The highest BCUT2D eigenvalue weighted by molar-refractivity contribution is 5.98. The molecule has 1 unspecified atom stereocenters. The first-order valence-corrected chi connectivity index (χ1v) is 11.1. The number of carbonyl (C=O) groups is 3. The molecule has 0 fully saturated rings. The molecule has 2 aromatic heterocycles. The Bertz CT molecular complexity index is 1420. The molecule has 2 aromatic carbocycles. The summed E-state index contributed by atoms with van der Waals surface area (Å²) in [5, 5.41) is 7.24. The molecule has 9 nitrogen and oxygen atoms in total. The van der Waals surface area contributed by atoms with Gasteiger partial charge in [0.1, 0.15) is 11.5 Å². The maximum atomic E-state index is 12.4. The van der Waals surface area contributed by atoms with Gasteiger partial charge in [-0.2, -0.15) is 5.10 Å². The largest absolute Gasteiger partial charge is 0.460 e. The van der Waals surface area contributed by atoms with Crippen LogP contribution in [0.3, 0.4) is 0 Å². The van der Waals surface area contributed by atoms with Crippen molar-refractivity contribution in [2.45, 2.75) is 20.0 Å². The number of amides is 2. The summed E-state index contributed by atoms with van der Waals surface area (Å²) in [7, 11) is 0. The van der Waals surface area contributed by atoms with Crippen LogP contribution in [0.5, 0.6) is 0 Å². The van der Waals surface area contributed by atoms with Gasteiger partial charge in [-0.25, -0.2) is 9.48 Å². The molecule has 0 aliphatic rings. The van der Waals surface area contributed by atoms with Crippen molar-refractivity contribution in [2.24, 2.45) is 5.73 Å². The average molecular weight is 485 g/mol. The van der Waals surface area contributed by atoms with E-state index in [1.165, 1.54) is 37.3 Å². The monoisotopic (exact) mass is 484 g/mol. The zero-order valence-corrected chi connectivity index (χ0v) is 19.7. The number of aromatic nitrogens is 2. The molecule has 2 amide bonds.